The highest BCUT2D eigenvalue weighted by Crippen LogP contribution is 2.30. The first-order valence-electron chi connectivity index (χ1n) is 13.2. The monoisotopic (exact) mass is 509 g/mol. The molecule has 0 spiro atoms. The summed E-state index contributed by atoms with van der Waals surface area (Å²) in [6.45, 7) is 10.3. The van der Waals surface area contributed by atoms with Crippen LogP contribution < -0.4 is 11.3 Å². The molecule has 9 heteroatoms. The van der Waals surface area contributed by atoms with E-state index in [2.05, 4.69) is 12.1 Å². The first kappa shape index (κ1) is 28.1. The van der Waals surface area contributed by atoms with Crippen LogP contribution in [-0.4, -0.2) is 38.0 Å². The van der Waals surface area contributed by atoms with Gasteiger partial charge in [0.2, 0.25) is 11.8 Å². The molecular formula is C28H39N5O4. The predicted octanol–water partition coefficient (Wildman–Crippen LogP) is 4.36. The predicted molar refractivity (Wildman–Crippen MR) is 143 cm³/mol. The molecule has 200 valence electrons. The van der Waals surface area contributed by atoms with Crippen LogP contribution in [0.1, 0.15) is 82.9 Å². The molecule has 2 unspecified atom stereocenters. The topological polar surface area (TPSA) is 124 Å². The number of hydrogen-bond acceptors (Lipinski definition) is 6. The minimum Gasteiger partial charge on any atom is -0.370 e. The zero-order valence-electron chi connectivity index (χ0n) is 22.6. The van der Waals surface area contributed by atoms with Crippen LogP contribution >= 0.6 is 0 Å². The van der Waals surface area contributed by atoms with Gasteiger partial charge >= 0.3 is 0 Å². The van der Waals surface area contributed by atoms with E-state index in [9.17, 15) is 14.4 Å². The van der Waals surface area contributed by atoms with Gasteiger partial charge in [-0.2, -0.15) is 4.98 Å². The number of benzene rings is 1. The third kappa shape index (κ3) is 6.45. The summed E-state index contributed by atoms with van der Waals surface area (Å²) >= 11 is 0. The van der Waals surface area contributed by atoms with E-state index in [4.69, 9.17) is 15.2 Å². The van der Waals surface area contributed by atoms with Gasteiger partial charge in [-0.05, 0) is 31.2 Å². The van der Waals surface area contributed by atoms with Gasteiger partial charge in [0.15, 0.2) is 0 Å². The molecule has 1 aromatic carbocycles. The molecule has 2 atom stereocenters. The first-order chi connectivity index (χ1) is 17.7. The zero-order valence-corrected chi connectivity index (χ0v) is 22.6. The van der Waals surface area contributed by atoms with E-state index < -0.39 is 11.9 Å². The number of rotatable bonds is 13. The van der Waals surface area contributed by atoms with Crippen LogP contribution in [-0.2, 0) is 16.1 Å². The van der Waals surface area contributed by atoms with Gasteiger partial charge in [-0.3, -0.25) is 19.0 Å². The summed E-state index contributed by atoms with van der Waals surface area (Å²) in [5.41, 5.74) is 6.77. The van der Waals surface area contributed by atoms with Crippen molar-refractivity contribution in [3.8, 4) is 0 Å². The van der Waals surface area contributed by atoms with Crippen molar-refractivity contribution in [1.82, 2.24) is 19.6 Å². The van der Waals surface area contributed by atoms with Gasteiger partial charge in [0.1, 0.15) is 11.2 Å². The molecule has 3 rings (SSSR count). The molecule has 37 heavy (non-hydrogen) atoms. The van der Waals surface area contributed by atoms with Crippen molar-refractivity contribution in [2.45, 2.75) is 79.3 Å². The number of unbranched alkanes of at least 4 members (excludes halogenated alkanes) is 1. The number of primary amides is 1. The average molecular weight is 510 g/mol. The fraction of sp³-hybridized carbons (Fsp3) is 0.536. The van der Waals surface area contributed by atoms with Gasteiger partial charge in [0.25, 0.3) is 11.3 Å². The minimum atomic E-state index is -0.555. The molecule has 9 nitrogen and oxygen atoms in total. The number of amides is 2. The van der Waals surface area contributed by atoms with Crippen LogP contribution in [0.15, 0.2) is 39.6 Å². The molecule has 2 aromatic heterocycles. The number of hydrogen-bond donors (Lipinski definition) is 1. The second kappa shape index (κ2) is 12.7. The Kier molecular flexibility index (Phi) is 9.60. The van der Waals surface area contributed by atoms with E-state index in [0.29, 0.717) is 23.3 Å². The van der Waals surface area contributed by atoms with Crippen LogP contribution in [0.5, 0.6) is 0 Å². The molecule has 0 bridgehead atoms. The lowest BCUT2D eigenvalue weighted by Gasteiger charge is -2.35. The van der Waals surface area contributed by atoms with E-state index in [0.717, 1.165) is 24.8 Å². The fourth-order valence-corrected chi connectivity index (χ4v) is 4.83. The smallest absolute Gasteiger partial charge is 0.267 e. The summed E-state index contributed by atoms with van der Waals surface area (Å²) in [6.07, 6.45) is 3.17. The van der Waals surface area contributed by atoms with E-state index >= 15 is 0 Å². The van der Waals surface area contributed by atoms with E-state index in [1.165, 1.54) is 0 Å². The Bertz CT molecular complexity index is 1260. The van der Waals surface area contributed by atoms with Crippen molar-refractivity contribution < 1.29 is 14.1 Å². The molecular weight excluding hydrogens is 470 g/mol. The second-order valence-corrected chi connectivity index (χ2v) is 9.96. The van der Waals surface area contributed by atoms with Crippen LogP contribution in [0.3, 0.4) is 0 Å². The fourth-order valence-electron chi connectivity index (χ4n) is 4.83. The van der Waals surface area contributed by atoms with Gasteiger partial charge in [0, 0.05) is 18.9 Å². The number of carbonyl (C=O) groups excluding carboxylic acids is 2. The standard InChI is InChI=1S/C28H39N5O4/c1-6-8-14-21(18(3)4)27(35)32(16-15-23(29)34)22(7-2)25-30-26-24(19(5)31-37-26)28(36)33(25)17-20-12-10-9-11-13-20/h9-13,18,21-22H,6-8,14-17H2,1-5H3,(H2,29,34). The van der Waals surface area contributed by atoms with Crippen molar-refractivity contribution >= 4 is 22.9 Å². The maximum absolute atomic E-state index is 14.0. The van der Waals surface area contributed by atoms with Gasteiger partial charge in [-0.15, -0.1) is 0 Å². The van der Waals surface area contributed by atoms with Crippen molar-refractivity contribution in [3.05, 3.63) is 57.8 Å². The second-order valence-electron chi connectivity index (χ2n) is 9.96. The number of nitrogens with two attached hydrogens (primary N) is 1. The molecule has 0 aliphatic heterocycles. The van der Waals surface area contributed by atoms with E-state index in [-0.39, 0.29) is 48.5 Å². The molecule has 0 aliphatic rings. The van der Waals surface area contributed by atoms with Gasteiger partial charge in [0.05, 0.1) is 18.3 Å². The van der Waals surface area contributed by atoms with E-state index in [1.807, 2.05) is 51.1 Å². The summed E-state index contributed by atoms with van der Waals surface area (Å²) in [7, 11) is 0. The first-order valence-corrected chi connectivity index (χ1v) is 13.2. The van der Waals surface area contributed by atoms with Gasteiger partial charge < -0.3 is 15.2 Å². The summed E-state index contributed by atoms with van der Waals surface area (Å²) in [5, 5.41) is 4.29. The van der Waals surface area contributed by atoms with Crippen LogP contribution in [0.2, 0.25) is 0 Å². The van der Waals surface area contributed by atoms with Gasteiger partial charge in [-0.25, -0.2) is 0 Å². The lowest BCUT2D eigenvalue weighted by atomic mass is 9.88. The van der Waals surface area contributed by atoms with Crippen molar-refractivity contribution in [1.29, 1.82) is 0 Å². The summed E-state index contributed by atoms with van der Waals surface area (Å²) in [4.78, 5) is 46.0. The number of carbonyl (C=O) groups is 2. The summed E-state index contributed by atoms with van der Waals surface area (Å²) < 4.78 is 7.00. The van der Waals surface area contributed by atoms with Crippen LogP contribution in [0.25, 0.3) is 11.1 Å². The number of fused-ring (bicyclic) bond motifs is 1. The molecule has 2 heterocycles. The van der Waals surface area contributed by atoms with Crippen LogP contribution in [0, 0.1) is 18.8 Å². The lowest BCUT2D eigenvalue weighted by molar-refractivity contribution is -0.140. The number of aromatic nitrogens is 3. The number of aryl methyl sites for hydroxylation is 1. The SMILES string of the molecule is CCCCC(C(=O)N(CCC(N)=O)C(CC)c1nc2onc(C)c2c(=O)n1Cc1ccccc1)C(C)C. The Labute approximate surface area is 218 Å². The van der Waals surface area contributed by atoms with Crippen molar-refractivity contribution in [2.75, 3.05) is 6.54 Å². The highest BCUT2D eigenvalue weighted by Gasteiger charge is 2.34. The molecule has 0 radical (unpaired) electrons. The highest BCUT2D eigenvalue weighted by molar-refractivity contribution is 5.81. The van der Waals surface area contributed by atoms with E-state index in [1.54, 1.807) is 16.4 Å². The maximum atomic E-state index is 14.0. The third-order valence-electron chi connectivity index (χ3n) is 6.91. The lowest BCUT2D eigenvalue weighted by Crippen LogP contribution is -2.44. The minimum absolute atomic E-state index is 0.0212. The Morgan fingerprint density at radius 1 is 1.16 bits per heavy atom. The maximum Gasteiger partial charge on any atom is 0.267 e. The molecule has 2 N–H and O–H groups in total. The Hall–Kier alpha value is -3.49. The third-order valence-corrected chi connectivity index (χ3v) is 6.91. The molecule has 0 saturated carbocycles. The molecule has 0 saturated heterocycles. The Balaban J connectivity index is 2.18. The molecule has 0 aliphatic carbocycles. The Morgan fingerprint density at radius 2 is 1.86 bits per heavy atom. The zero-order chi connectivity index (χ0) is 27.1. The molecule has 0 fully saturated rings. The summed E-state index contributed by atoms with van der Waals surface area (Å²) in [5.74, 6) is -0.223. The average Bonchev–Trinajstić information content (AvgIpc) is 3.24. The highest BCUT2D eigenvalue weighted by atomic mass is 16.5. The quantitative estimate of drug-likeness (QED) is 0.365. The van der Waals surface area contributed by atoms with Crippen molar-refractivity contribution in [2.24, 2.45) is 17.6 Å². The van der Waals surface area contributed by atoms with Crippen LogP contribution in [0.4, 0.5) is 0 Å². The van der Waals surface area contributed by atoms with Crippen molar-refractivity contribution in [3.63, 3.8) is 0 Å². The molecule has 3 aromatic rings. The van der Waals surface area contributed by atoms with Gasteiger partial charge in [-0.1, -0.05) is 76.0 Å². The number of nitrogens with zero attached hydrogens (tertiary/aromatic N) is 4. The molecule has 2 amide bonds. The Morgan fingerprint density at radius 3 is 2.46 bits per heavy atom. The largest absolute Gasteiger partial charge is 0.370 e. The summed E-state index contributed by atoms with van der Waals surface area (Å²) in [6, 6.07) is 9.07. The normalized spacial score (nSPS) is 13.1.